The van der Waals surface area contributed by atoms with Crippen LogP contribution in [0.2, 0.25) is 0 Å². The Hall–Kier alpha value is -0.0800. The Balaban J connectivity index is 1.84. The smallest absolute Gasteiger partial charge is 0.0933 e. The maximum atomic E-state index is 5.87. The molecule has 76 valence electrons. The molecule has 1 atom stereocenters. The Labute approximate surface area is 81.0 Å². The van der Waals surface area contributed by atoms with Crippen molar-refractivity contribution in [3.8, 4) is 0 Å². The number of ether oxygens (including phenoxy) is 1. The maximum Gasteiger partial charge on any atom is 0.0933 e. The van der Waals surface area contributed by atoms with Crippen LogP contribution in [0.4, 0.5) is 0 Å². The molecule has 13 heavy (non-hydrogen) atoms. The van der Waals surface area contributed by atoms with Crippen LogP contribution in [-0.2, 0) is 4.74 Å². The van der Waals surface area contributed by atoms with Crippen LogP contribution in [0, 0.1) is 11.3 Å². The summed E-state index contributed by atoms with van der Waals surface area (Å²) in [6.45, 7) is 10.1. The van der Waals surface area contributed by atoms with E-state index in [1.807, 2.05) is 0 Å². The molecule has 2 saturated heterocycles. The van der Waals surface area contributed by atoms with Gasteiger partial charge in [0.15, 0.2) is 0 Å². The van der Waals surface area contributed by atoms with E-state index in [-0.39, 0.29) is 5.60 Å². The van der Waals surface area contributed by atoms with Gasteiger partial charge in [-0.15, -0.1) is 0 Å². The van der Waals surface area contributed by atoms with Crippen molar-refractivity contribution >= 4 is 0 Å². The standard InChI is InChI=1S/C11H21NO/c1-10(2,3)4-9-5-11(13-6-9)7-12-8-11/h9,12H,4-8H2,1-3H3. The van der Waals surface area contributed by atoms with Crippen molar-refractivity contribution in [3.63, 3.8) is 0 Å². The second-order valence-corrected chi connectivity index (χ2v) is 5.93. The quantitative estimate of drug-likeness (QED) is 0.669. The highest BCUT2D eigenvalue weighted by molar-refractivity contribution is 5.00. The van der Waals surface area contributed by atoms with E-state index in [1.54, 1.807) is 0 Å². The first-order valence-electron chi connectivity index (χ1n) is 5.34. The van der Waals surface area contributed by atoms with Gasteiger partial charge < -0.3 is 10.1 Å². The largest absolute Gasteiger partial charge is 0.372 e. The predicted octanol–water partition coefficient (Wildman–Crippen LogP) is 1.80. The highest BCUT2D eigenvalue weighted by Crippen LogP contribution is 2.38. The van der Waals surface area contributed by atoms with Crippen molar-refractivity contribution < 1.29 is 4.74 Å². The Morgan fingerprint density at radius 2 is 2.08 bits per heavy atom. The molecule has 0 aromatic rings. The predicted molar refractivity (Wildman–Crippen MR) is 53.7 cm³/mol. The van der Waals surface area contributed by atoms with Gasteiger partial charge in [-0.1, -0.05) is 20.8 Å². The second kappa shape index (κ2) is 2.96. The fourth-order valence-electron chi connectivity index (χ4n) is 2.59. The molecule has 0 amide bonds. The molecule has 0 aromatic heterocycles. The lowest BCUT2D eigenvalue weighted by molar-refractivity contribution is -0.0364. The lowest BCUT2D eigenvalue weighted by Gasteiger charge is -2.38. The Morgan fingerprint density at radius 3 is 2.46 bits per heavy atom. The van der Waals surface area contributed by atoms with Gasteiger partial charge in [-0.3, -0.25) is 0 Å². The second-order valence-electron chi connectivity index (χ2n) is 5.93. The molecule has 0 radical (unpaired) electrons. The van der Waals surface area contributed by atoms with E-state index in [4.69, 9.17) is 4.74 Å². The van der Waals surface area contributed by atoms with Crippen LogP contribution >= 0.6 is 0 Å². The van der Waals surface area contributed by atoms with Crippen LogP contribution < -0.4 is 5.32 Å². The summed E-state index contributed by atoms with van der Waals surface area (Å²) in [6, 6.07) is 0. The van der Waals surface area contributed by atoms with Crippen LogP contribution in [0.3, 0.4) is 0 Å². The van der Waals surface area contributed by atoms with Gasteiger partial charge in [0.25, 0.3) is 0 Å². The van der Waals surface area contributed by atoms with E-state index in [9.17, 15) is 0 Å². The molecule has 2 rings (SSSR count). The molecule has 1 unspecified atom stereocenters. The Kier molecular flexibility index (Phi) is 2.16. The molecule has 2 aliphatic heterocycles. The molecule has 0 aromatic carbocycles. The molecule has 2 aliphatic rings. The van der Waals surface area contributed by atoms with Gasteiger partial charge in [0.05, 0.1) is 12.2 Å². The van der Waals surface area contributed by atoms with E-state index >= 15 is 0 Å². The highest BCUT2D eigenvalue weighted by Gasteiger charge is 2.45. The van der Waals surface area contributed by atoms with Gasteiger partial charge in [0.1, 0.15) is 0 Å². The molecular formula is C11H21NO. The van der Waals surface area contributed by atoms with E-state index in [1.165, 1.54) is 12.8 Å². The van der Waals surface area contributed by atoms with Crippen LogP contribution in [0.1, 0.15) is 33.6 Å². The first-order valence-corrected chi connectivity index (χ1v) is 5.34. The summed E-state index contributed by atoms with van der Waals surface area (Å²) in [7, 11) is 0. The molecule has 1 N–H and O–H groups in total. The molecule has 2 heterocycles. The van der Waals surface area contributed by atoms with Gasteiger partial charge in [-0.05, 0) is 24.2 Å². The summed E-state index contributed by atoms with van der Waals surface area (Å²) in [5.74, 6) is 0.794. The van der Waals surface area contributed by atoms with E-state index < -0.39 is 0 Å². The first kappa shape index (κ1) is 9.47. The van der Waals surface area contributed by atoms with Gasteiger partial charge in [0.2, 0.25) is 0 Å². The Morgan fingerprint density at radius 1 is 1.38 bits per heavy atom. The minimum absolute atomic E-state index is 0.246. The summed E-state index contributed by atoms with van der Waals surface area (Å²) in [5.41, 5.74) is 0.701. The van der Waals surface area contributed by atoms with Crippen LogP contribution in [0.5, 0.6) is 0 Å². The summed E-state index contributed by atoms with van der Waals surface area (Å²) in [5, 5.41) is 3.30. The summed E-state index contributed by atoms with van der Waals surface area (Å²) in [4.78, 5) is 0. The van der Waals surface area contributed by atoms with Gasteiger partial charge in [-0.2, -0.15) is 0 Å². The summed E-state index contributed by atoms with van der Waals surface area (Å²) < 4.78 is 5.87. The highest BCUT2D eigenvalue weighted by atomic mass is 16.5. The van der Waals surface area contributed by atoms with Crippen LogP contribution in [0.25, 0.3) is 0 Å². The third kappa shape index (κ3) is 2.05. The summed E-state index contributed by atoms with van der Waals surface area (Å²) >= 11 is 0. The molecule has 0 aliphatic carbocycles. The molecule has 2 fully saturated rings. The zero-order valence-electron chi connectivity index (χ0n) is 9.02. The average molecular weight is 183 g/mol. The zero-order chi connectivity index (χ0) is 9.53. The minimum atomic E-state index is 0.246. The zero-order valence-corrected chi connectivity index (χ0v) is 9.02. The number of hydrogen-bond donors (Lipinski definition) is 1. The van der Waals surface area contributed by atoms with Crippen molar-refractivity contribution in [1.29, 1.82) is 0 Å². The topological polar surface area (TPSA) is 21.3 Å². The van der Waals surface area contributed by atoms with Gasteiger partial charge in [-0.25, -0.2) is 0 Å². The number of rotatable bonds is 1. The Bertz CT molecular complexity index is 191. The first-order chi connectivity index (χ1) is 5.99. The molecular weight excluding hydrogens is 162 g/mol. The van der Waals surface area contributed by atoms with E-state index in [0.29, 0.717) is 5.41 Å². The lowest BCUT2D eigenvalue weighted by Crippen LogP contribution is -2.59. The van der Waals surface area contributed by atoms with Crippen molar-refractivity contribution in [2.45, 2.75) is 39.2 Å². The molecule has 1 spiro atoms. The van der Waals surface area contributed by atoms with Crippen LogP contribution in [0.15, 0.2) is 0 Å². The third-order valence-corrected chi connectivity index (χ3v) is 3.08. The molecule has 0 saturated carbocycles. The van der Waals surface area contributed by atoms with Crippen molar-refractivity contribution in [2.24, 2.45) is 11.3 Å². The number of hydrogen-bond acceptors (Lipinski definition) is 2. The van der Waals surface area contributed by atoms with Crippen LogP contribution in [-0.4, -0.2) is 25.3 Å². The van der Waals surface area contributed by atoms with Crippen molar-refractivity contribution in [3.05, 3.63) is 0 Å². The van der Waals surface area contributed by atoms with Gasteiger partial charge in [0, 0.05) is 13.1 Å². The molecule has 0 bridgehead atoms. The fourth-order valence-corrected chi connectivity index (χ4v) is 2.59. The molecule has 2 heteroatoms. The van der Waals surface area contributed by atoms with Crippen molar-refractivity contribution in [1.82, 2.24) is 5.32 Å². The van der Waals surface area contributed by atoms with E-state index in [2.05, 4.69) is 26.1 Å². The van der Waals surface area contributed by atoms with Crippen molar-refractivity contribution in [2.75, 3.05) is 19.7 Å². The monoisotopic (exact) mass is 183 g/mol. The lowest BCUT2D eigenvalue weighted by atomic mass is 9.80. The minimum Gasteiger partial charge on any atom is -0.372 e. The van der Waals surface area contributed by atoms with E-state index in [0.717, 1.165) is 25.6 Å². The third-order valence-electron chi connectivity index (χ3n) is 3.08. The van der Waals surface area contributed by atoms with Gasteiger partial charge >= 0.3 is 0 Å². The average Bonchev–Trinajstić information content (AvgIpc) is 2.26. The SMILES string of the molecule is CC(C)(C)CC1COC2(CNC2)C1. The number of nitrogens with one attached hydrogen (secondary N) is 1. The molecule has 2 nitrogen and oxygen atoms in total. The normalized spacial score (nSPS) is 32.1. The maximum absolute atomic E-state index is 5.87. The fraction of sp³-hybridized carbons (Fsp3) is 1.00. The summed E-state index contributed by atoms with van der Waals surface area (Å²) in [6.07, 6.45) is 2.58.